The van der Waals surface area contributed by atoms with Crippen LogP contribution in [0.4, 0.5) is 19.2 Å². The highest BCUT2D eigenvalue weighted by Gasteiger charge is 2.54. The van der Waals surface area contributed by atoms with Crippen molar-refractivity contribution < 1.29 is 57.3 Å². The third kappa shape index (κ3) is 16.6. The topological polar surface area (TPSA) is 284 Å². The van der Waals surface area contributed by atoms with Gasteiger partial charge in [0, 0.05) is 110 Å². The van der Waals surface area contributed by atoms with Crippen LogP contribution in [0.25, 0.3) is 44.5 Å². The summed E-state index contributed by atoms with van der Waals surface area (Å²) >= 11 is 0. The fourth-order valence-corrected chi connectivity index (χ4v) is 18.0. The molecule has 4 aromatic rings. The minimum atomic E-state index is -0.658. The molecule has 4 bridgehead atoms. The highest BCUT2D eigenvalue weighted by Crippen LogP contribution is 2.53. The van der Waals surface area contributed by atoms with Crippen LogP contribution in [0.2, 0.25) is 0 Å². The van der Waals surface area contributed by atoms with Crippen molar-refractivity contribution in [2.75, 3.05) is 41.5 Å². The van der Waals surface area contributed by atoms with Crippen molar-refractivity contribution in [3.63, 3.8) is 0 Å². The molecule has 588 valence electrons. The Hall–Kier alpha value is -11.0. The third-order valence-electron chi connectivity index (χ3n) is 23.9. The molecule has 10 aliphatic rings. The van der Waals surface area contributed by atoms with Gasteiger partial charge in [-0.3, -0.25) is 39.1 Å². The maximum atomic E-state index is 13.9. The van der Waals surface area contributed by atoms with Crippen molar-refractivity contribution in [1.82, 2.24) is 41.3 Å². The third-order valence-corrected chi connectivity index (χ3v) is 23.9. The lowest BCUT2D eigenvalue weighted by atomic mass is 9.77. The number of hydrogen-bond donors (Lipinski definition) is 4. The molecule has 4 aromatic carbocycles. The number of amides is 8. The molecule has 4 N–H and O–H groups in total. The van der Waals surface area contributed by atoms with Gasteiger partial charge in [0.05, 0.1) is 52.4 Å². The second kappa shape index (κ2) is 34.3. The molecule has 6 aliphatic heterocycles. The molecule has 4 fully saturated rings. The average molecular weight is 1520 g/mol. The van der Waals surface area contributed by atoms with Crippen LogP contribution >= 0.6 is 0 Å². The number of rotatable bonds is 20. The van der Waals surface area contributed by atoms with Gasteiger partial charge in [0.25, 0.3) is 0 Å². The molecule has 24 nitrogen and oxygen atoms in total. The Labute approximate surface area is 655 Å². The van der Waals surface area contributed by atoms with E-state index in [0.717, 1.165) is 128 Å². The zero-order chi connectivity index (χ0) is 79.3. The number of nitrogens with zero attached hydrogens (tertiary/aromatic N) is 8. The second-order valence-corrected chi connectivity index (χ2v) is 32.0. The predicted octanol–water partition coefficient (Wildman–Crippen LogP) is 14.1. The summed E-state index contributed by atoms with van der Waals surface area (Å²) in [6.45, 7) is 16.5. The molecule has 24 heteroatoms. The van der Waals surface area contributed by atoms with Gasteiger partial charge in [-0.2, -0.15) is 0 Å². The van der Waals surface area contributed by atoms with Crippen molar-refractivity contribution >= 4 is 93.1 Å². The number of alkyl carbamates (subject to hydrolysis) is 2. The van der Waals surface area contributed by atoms with Crippen LogP contribution in [0.1, 0.15) is 142 Å². The van der Waals surface area contributed by atoms with E-state index in [1.54, 1.807) is 0 Å². The number of aliphatic imine (C=N–C) groups is 4. The van der Waals surface area contributed by atoms with E-state index >= 15 is 0 Å². The van der Waals surface area contributed by atoms with Gasteiger partial charge in [0.2, 0.25) is 23.6 Å². The summed E-state index contributed by atoms with van der Waals surface area (Å²) in [6, 6.07) is 32.2. The summed E-state index contributed by atoms with van der Waals surface area (Å²) in [5.74, 6) is -0.462. The highest BCUT2D eigenvalue weighted by molar-refractivity contribution is 6.07. The van der Waals surface area contributed by atoms with Gasteiger partial charge >= 0.3 is 24.4 Å². The number of ether oxygens (including phenoxy) is 4. The van der Waals surface area contributed by atoms with Crippen LogP contribution < -0.4 is 21.5 Å². The van der Waals surface area contributed by atoms with Crippen molar-refractivity contribution in [1.29, 1.82) is 0 Å². The van der Waals surface area contributed by atoms with E-state index in [2.05, 4.69) is 143 Å². The minimum absolute atomic E-state index is 0.0200. The number of carbonyl (C=O) groups is 8. The molecule has 12 atom stereocenters. The molecule has 8 amide bonds. The quantitative estimate of drug-likeness (QED) is 0.0365. The van der Waals surface area contributed by atoms with Gasteiger partial charge in [0.15, 0.2) is 0 Å². The van der Waals surface area contributed by atoms with Crippen LogP contribution in [0.15, 0.2) is 166 Å². The Morgan fingerprint density at radius 3 is 0.946 bits per heavy atom. The van der Waals surface area contributed by atoms with Crippen LogP contribution in [-0.4, -0.2) is 168 Å². The Morgan fingerprint density at radius 2 is 0.661 bits per heavy atom. The Balaban J connectivity index is 0.000000196. The first-order chi connectivity index (χ1) is 53.9. The normalized spacial score (nSPS) is 24.1. The first kappa shape index (κ1) is 79.1. The van der Waals surface area contributed by atoms with Crippen LogP contribution in [0, 0.1) is 59.2 Å². The number of hydrazine groups is 2. The summed E-state index contributed by atoms with van der Waals surface area (Å²) in [5, 5.41) is 8.26. The molecule has 2 saturated carbocycles. The highest BCUT2D eigenvalue weighted by atomic mass is 16.6. The molecular weight excluding hydrogens is 1420 g/mol. The molecule has 0 aromatic heterocycles. The molecule has 0 radical (unpaired) electrons. The number of likely N-dealkylation sites (tertiary alicyclic amines) is 2. The lowest BCUT2D eigenvalue weighted by molar-refractivity contribution is -0.142. The molecule has 4 aliphatic carbocycles. The predicted molar refractivity (Wildman–Crippen MR) is 432 cm³/mol. The summed E-state index contributed by atoms with van der Waals surface area (Å²) in [5.41, 5.74) is 22.5. The lowest BCUT2D eigenvalue weighted by Gasteiger charge is -2.34. The average Bonchev–Trinajstić information content (AvgIpc) is 1.60. The van der Waals surface area contributed by atoms with E-state index in [0.29, 0.717) is 38.8 Å². The van der Waals surface area contributed by atoms with Gasteiger partial charge in [-0.25, -0.2) is 40.0 Å². The van der Waals surface area contributed by atoms with Crippen molar-refractivity contribution in [3.8, 4) is 22.3 Å². The number of benzene rings is 4. The number of allylic oxidation sites excluding steroid dienone is 8. The van der Waals surface area contributed by atoms with Gasteiger partial charge in [-0.05, 0) is 169 Å². The fourth-order valence-electron chi connectivity index (χ4n) is 18.0. The summed E-state index contributed by atoms with van der Waals surface area (Å²) in [6.07, 6.45) is 22.0. The maximum Gasteiger partial charge on any atom is 0.425 e. The summed E-state index contributed by atoms with van der Waals surface area (Å²) < 4.78 is 19.1. The van der Waals surface area contributed by atoms with Crippen molar-refractivity contribution in [2.45, 2.75) is 156 Å². The van der Waals surface area contributed by atoms with Crippen molar-refractivity contribution in [2.24, 2.45) is 79.1 Å². The zero-order valence-electron chi connectivity index (χ0n) is 66.1. The van der Waals surface area contributed by atoms with Gasteiger partial charge < -0.3 is 39.4 Å². The SMILES string of the molecule is COC(=O)N[C@H](C(=O)N1CCC[C@H]1C1=NC=C(c2ccc(-c3ccc(C4=CN=C([C@H]5C6C=CC(C6)C5C(=O)N(NC(=O)OC)C(C)C)C4)cc3)cc2)C1)C(C)C.COC(=O)N[C@H](C(=O)N1CCC[C@H]1C1=NC=C(c2ccc(-c3ccc(C4=CN=C([C@H]5C6C=CC(C6)C5C(=O)N(NC(=O)OC)C(C)C)C4)cc3)cc2)C1)C(C)C. The van der Waals surface area contributed by atoms with E-state index in [9.17, 15) is 38.4 Å². The van der Waals surface area contributed by atoms with Crippen LogP contribution in [0.5, 0.6) is 0 Å². The maximum absolute atomic E-state index is 13.9. The lowest BCUT2D eigenvalue weighted by Crippen LogP contribution is -2.54. The van der Waals surface area contributed by atoms with E-state index in [1.807, 2.05) is 90.0 Å². The molecule has 6 heterocycles. The zero-order valence-corrected chi connectivity index (χ0v) is 66.1. The minimum Gasteiger partial charge on any atom is -0.453 e. The van der Waals surface area contributed by atoms with Gasteiger partial charge in [-0.1, -0.05) is 149 Å². The molecule has 0 spiro atoms. The molecule has 112 heavy (non-hydrogen) atoms. The van der Waals surface area contributed by atoms with Crippen LogP contribution in [-0.2, 0) is 38.1 Å². The second-order valence-electron chi connectivity index (χ2n) is 32.0. The number of nitrogens with one attached hydrogen (secondary N) is 4. The molecule has 14 rings (SSSR count). The van der Waals surface area contributed by atoms with Gasteiger partial charge in [0.1, 0.15) is 12.1 Å². The monoisotopic (exact) mass is 1520 g/mol. The largest absolute Gasteiger partial charge is 0.453 e. The number of carbonyl (C=O) groups excluding carboxylic acids is 8. The Morgan fingerprint density at radius 1 is 0.384 bits per heavy atom. The standard InChI is InChI=1S/2C44H52N6O6/c2*1-25(2)40(47-43(53)55-5)42(52)49-19-7-8-37(49)35-21-33(23-45-35)29-13-9-27(10-14-29)28-11-15-30(16-12-28)34-22-36(46-24-34)38-31-17-18-32(20-31)39(38)41(51)50(26(3)4)48-44(54)56-6/h2*9-18,23-26,31-32,37-40H,7-8,19-22H2,1-6H3,(H,47,53)(H,48,54)/t2*31?,32?,37-,38+,39?,40-/m00/s1. The van der Waals surface area contributed by atoms with E-state index < -0.39 is 36.5 Å². The first-order valence-corrected chi connectivity index (χ1v) is 39.4. The molecule has 6 unspecified atom stereocenters. The molecule has 2 saturated heterocycles. The summed E-state index contributed by atoms with van der Waals surface area (Å²) in [4.78, 5) is 126. The van der Waals surface area contributed by atoms with Gasteiger partial charge in [-0.15, -0.1) is 0 Å². The van der Waals surface area contributed by atoms with E-state index in [4.69, 9.17) is 38.9 Å². The van der Waals surface area contributed by atoms with E-state index in [1.165, 1.54) is 38.5 Å². The Kier molecular flexibility index (Phi) is 24.2. The van der Waals surface area contributed by atoms with E-state index in [-0.39, 0.29) is 107 Å². The van der Waals surface area contributed by atoms with Crippen LogP contribution in [0.3, 0.4) is 0 Å². The number of hydrogen-bond acceptors (Lipinski definition) is 16. The number of fused-ring (bicyclic) bond motifs is 4. The smallest absolute Gasteiger partial charge is 0.425 e. The molecular formula is C88H104N12O12. The first-order valence-electron chi connectivity index (χ1n) is 39.4. The number of methoxy groups -OCH3 is 4. The fraction of sp³-hybridized carbons (Fsp3) is 0.455. The summed E-state index contributed by atoms with van der Waals surface area (Å²) in [7, 11) is 5.19. The Bertz CT molecular complexity index is 4310. The van der Waals surface area contributed by atoms with Crippen molar-refractivity contribution in [3.05, 3.63) is 168 Å².